The maximum Gasteiger partial charge on any atom is 0.0844 e. The lowest BCUT2D eigenvalue weighted by Crippen LogP contribution is -2.48. The molecule has 118 valence electrons. The van der Waals surface area contributed by atoms with Crippen LogP contribution in [0, 0.1) is 5.92 Å². The molecule has 0 amide bonds. The highest BCUT2D eigenvalue weighted by Crippen LogP contribution is 2.32. The van der Waals surface area contributed by atoms with Crippen molar-refractivity contribution in [1.82, 2.24) is 5.43 Å². The normalized spacial score (nSPS) is 21.1. The minimum atomic E-state index is 0.0844. The van der Waals surface area contributed by atoms with Crippen LogP contribution in [0.1, 0.15) is 44.4 Å². The van der Waals surface area contributed by atoms with Gasteiger partial charge in [-0.15, -0.1) is 0 Å². The largest absolute Gasteiger partial charge is 0.377 e. The van der Waals surface area contributed by atoms with Crippen LogP contribution in [-0.2, 0) is 15.9 Å². The zero-order chi connectivity index (χ0) is 15.2. The summed E-state index contributed by atoms with van der Waals surface area (Å²) in [5, 5.41) is 0. The molecule has 0 fully saturated rings. The Balaban J connectivity index is 2.12. The van der Waals surface area contributed by atoms with Crippen LogP contribution < -0.4 is 11.3 Å². The topological polar surface area (TPSA) is 56.5 Å². The third-order valence-electron chi connectivity index (χ3n) is 4.19. The second-order valence-corrected chi connectivity index (χ2v) is 5.98. The summed E-state index contributed by atoms with van der Waals surface area (Å²) in [6, 6.07) is 8.61. The highest BCUT2D eigenvalue weighted by molar-refractivity contribution is 5.31. The fraction of sp³-hybridized carbons (Fsp3) is 0.647. The molecule has 1 heterocycles. The van der Waals surface area contributed by atoms with E-state index in [2.05, 4.69) is 43.5 Å². The number of rotatable bonds is 7. The predicted molar refractivity (Wildman–Crippen MR) is 84.8 cm³/mol. The number of nitrogens with one attached hydrogen (secondary N) is 1. The summed E-state index contributed by atoms with van der Waals surface area (Å²) >= 11 is 0. The van der Waals surface area contributed by atoms with Crippen LogP contribution in [0.25, 0.3) is 0 Å². The predicted octanol–water partition coefficient (Wildman–Crippen LogP) is 2.58. The Morgan fingerprint density at radius 3 is 2.81 bits per heavy atom. The quantitative estimate of drug-likeness (QED) is 0.599. The van der Waals surface area contributed by atoms with Crippen molar-refractivity contribution < 1.29 is 9.47 Å². The highest BCUT2D eigenvalue weighted by atomic mass is 16.5. The van der Waals surface area contributed by atoms with E-state index in [0.29, 0.717) is 12.5 Å². The second kappa shape index (κ2) is 7.90. The van der Waals surface area contributed by atoms with Gasteiger partial charge in [-0.2, -0.15) is 0 Å². The van der Waals surface area contributed by atoms with Gasteiger partial charge in [0.25, 0.3) is 0 Å². The molecule has 0 saturated carbocycles. The number of benzene rings is 1. The molecule has 0 aliphatic carbocycles. The van der Waals surface area contributed by atoms with Crippen molar-refractivity contribution >= 4 is 0 Å². The first kappa shape index (κ1) is 16.4. The molecule has 4 heteroatoms. The first-order valence-electron chi connectivity index (χ1n) is 7.94. The Labute approximate surface area is 128 Å². The molecule has 0 spiro atoms. The Morgan fingerprint density at radius 2 is 2.14 bits per heavy atom. The number of hydrogen-bond acceptors (Lipinski definition) is 4. The van der Waals surface area contributed by atoms with Gasteiger partial charge in [-0.3, -0.25) is 11.3 Å². The summed E-state index contributed by atoms with van der Waals surface area (Å²) in [4.78, 5) is 0. The van der Waals surface area contributed by atoms with Gasteiger partial charge >= 0.3 is 0 Å². The van der Waals surface area contributed by atoms with Crippen LogP contribution >= 0.6 is 0 Å². The average molecular weight is 292 g/mol. The second-order valence-electron chi connectivity index (χ2n) is 5.98. The highest BCUT2D eigenvalue weighted by Gasteiger charge is 2.30. The van der Waals surface area contributed by atoms with Gasteiger partial charge in [0.2, 0.25) is 0 Å². The molecule has 4 nitrogen and oxygen atoms in total. The SMILES string of the molecule is CCOC(C(C)C)C(CC1OCCc2ccccc21)NN. The summed E-state index contributed by atoms with van der Waals surface area (Å²) in [7, 11) is 0. The minimum Gasteiger partial charge on any atom is -0.377 e. The molecule has 1 aliphatic heterocycles. The Kier molecular flexibility index (Phi) is 6.18. The number of ether oxygens (including phenoxy) is 2. The minimum absolute atomic E-state index is 0.0844. The molecule has 0 bridgehead atoms. The van der Waals surface area contributed by atoms with E-state index in [1.807, 2.05) is 6.92 Å². The van der Waals surface area contributed by atoms with Gasteiger partial charge in [-0.25, -0.2) is 0 Å². The van der Waals surface area contributed by atoms with E-state index in [1.165, 1.54) is 11.1 Å². The van der Waals surface area contributed by atoms with E-state index in [9.17, 15) is 0 Å². The molecule has 0 aromatic heterocycles. The molecule has 1 aromatic rings. The third-order valence-corrected chi connectivity index (χ3v) is 4.19. The van der Waals surface area contributed by atoms with E-state index in [4.69, 9.17) is 15.3 Å². The molecule has 0 saturated heterocycles. The first-order valence-corrected chi connectivity index (χ1v) is 7.94. The van der Waals surface area contributed by atoms with Gasteiger partial charge < -0.3 is 9.47 Å². The van der Waals surface area contributed by atoms with E-state index < -0.39 is 0 Å². The summed E-state index contributed by atoms with van der Waals surface area (Å²) in [5.74, 6) is 6.20. The number of fused-ring (bicyclic) bond motifs is 1. The Hall–Kier alpha value is -0.940. The monoisotopic (exact) mass is 292 g/mol. The fourth-order valence-corrected chi connectivity index (χ4v) is 3.17. The molecule has 3 unspecified atom stereocenters. The fourth-order valence-electron chi connectivity index (χ4n) is 3.17. The van der Waals surface area contributed by atoms with Crippen molar-refractivity contribution in [3.63, 3.8) is 0 Å². The molecular formula is C17H28N2O2. The van der Waals surface area contributed by atoms with Gasteiger partial charge in [0.05, 0.1) is 24.9 Å². The van der Waals surface area contributed by atoms with Crippen LogP contribution in [0.4, 0.5) is 0 Å². The average Bonchev–Trinajstić information content (AvgIpc) is 2.50. The van der Waals surface area contributed by atoms with Gasteiger partial charge in [0.15, 0.2) is 0 Å². The zero-order valence-corrected chi connectivity index (χ0v) is 13.3. The standard InChI is InChI=1S/C17H28N2O2/c1-4-20-17(12(2)3)15(19-18)11-16-14-8-6-5-7-13(14)9-10-21-16/h5-8,12,15-17,19H,4,9-11,18H2,1-3H3. The van der Waals surface area contributed by atoms with Crippen LogP contribution in [-0.4, -0.2) is 25.4 Å². The number of nitrogens with two attached hydrogens (primary N) is 1. The summed E-state index contributed by atoms with van der Waals surface area (Å²) in [5.41, 5.74) is 5.63. The summed E-state index contributed by atoms with van der Waals surface area (Å²) in [6.45, 7) is 7.83. The maximum absolute atomic E-state index is 5.99. The van der Waals surface area contributed by atoms with E-state index in [1.54, 1.807) is 0 Å². The van der Waals surface area contributed by atoms with Gasteiger partial charge in [-0.1, -0.05) is 38.1 Å². The third kappa shape index (κ3) is 4.04. The van der Waals surface area contributed by atoms with Gasteiger partial charge in [0.1, 0.15) is 0 Å². The number of hydrogen-bond donors (Lipinski definition) is 2. The van der Waals surface area contributed by atoms with Crippen molar-refractivity contribution in [3.8, 4) is 0 Å². The molecule has 3 atom stereocenters. The van der Waals surface area contributed by atoms with Crippen LogP contribution in [0.2, 0.25) is 0 Å². The molecule has 3 N–H and O–H groups in total. The zero-order valence-electron chi connectivity index (χ0n) is 13.3. The van der Waals surface area contributed by atoms with Gasteiger partial charge in [-0.05, 0) is 36.8 Å². The van der Waals surface area contributed by atoms with E-state index >= 15 is 0 Å². The van der Waals surface area contributed by atoms with Crippen molar-refractivity contribution in [2.75, 3.05) is 13.2 Å². The number of hydrazine groups is 1. The Bertz CT molecular complexity index is 437. The van der Waals surface area contributed by atoms with Crippen molar-refractivity contribution in [2.24, 2.45) is 11.8 Å². The van der Waals surface area contributed by atoms with Gasteiger partial charge in [0, 0.05) is 6.61 Å². The van der Waals surface area contributed by atoms with Crippen molar-refractivity contribution in [3.05, 3.63) is 35.4 Å². The lowest BCUT2D eigenvalue weighted by atomic mass is 9.89. The lowest BCUT2D eigenvalue weighted by Gasteiger charge is -2.34. The van der Waals surface area contributed by atoms with E-state index in [0.717, 1.165) is 19.4 Å². The molecule has 21 heavy (non-hydrogen) atoms. The molecule has 1 aromatic carbocycles. The summed E-state index contributed by atoms with van der Waals surface area (Å²) in [6.07, 6.45) is 2.01. The Morgan fingerprint density at radius 1 is 1.38 bits per heavy atom. The van der Waals surface area contributed by atoms with Crippen LogP contribution in [0.3, 0.4) is 0 Å². The lowest BCUT2D eigenvalue weighted by molar-refractivity contribution is -0.0272. The van der Waals surface area contributed by atoms with E-state index in [-0.39, 0.29) is 18.2 Å². The first-order chi connectivity index (χ1) is 10.2. The maximum atomic E-state index is 5.99. The van der Waals surface area contributed by atoms with Crippen LogP contribution in [0.5, 0.6) is 0 Å². The van der Waals surface area contributed by atoms with Crippen LogP contribution in [0.15, 0.2) is 24.3 Å². The molecule has 1 aliphatic rings. The molecule has 0 radical (unpaired) electrons. The van der Waals surface area contributed by atoms with Crippen molar-refractivity contribution in [2.45, 2.75) is 51.9 Å². The summed E-state index contributed by atoms with van der Waals surface area (Å²) < 4.78 is 11.9. The smallest absolute Gasteiger partial charge is 0.0844 e. The molecular weight excluding hydrogens is 264 g/mol. The van der Waals surface area contributed by atoms with Crippen molar-refractivity contribution in [1.29, 1.82) is 0 Å². The molecule has 2 rings (SSSR count).